The minimum Gasteiger partial charge on any atom is -0.443 e. The summed E-state index contributed by atoms with van der Waals surface area (Å²) in [7, 11) is 0. The van der Waals surface area contributed by atoms with Gasteiger partial charge in [0.15, 0.2) is 0 Å². The average molecular weight is 270 g/mol. The first-order chi connectivity index (χ1) is 9.46. The van der Waals surface area contributed by atoms with Crippen LogP contribution in [0.25, 0.3) is 10.8 Å². The Morgan fingerprint density at radius 3 is 2.60 bits per heavy atom. The highest BCUT2D eigenvalue weighted by Gasteiger charge is 2.15. The number of fused-ring (bicyclic) bond motifs is 1. The molecule has 2 rings (SSSR count). The quantitative estimate of drug-likeness (QED) is 0.668. The second-order valence-corrected chi connectivity index (χ2v) is 5.44. The molecular weight excluding hydrogens is 252 g/mol. The predicted octanol–water partition coefficient (Wildman–Crippen LogP) is 3.70. The van der Waals surface area contributed by atoms with Gasteiger partial charge in [0.25, 0.3) is 0 Å². The molecule has 4 heteroatoms. The maximum atomic E-state index is 11.5. The van der Waals surface area contributed by atoms with E-state index in [1.807, 2.05) is 42.5 Å². The first kappa shape index (κ1) is 14.1. The van der Waals surface area contributed by atoms with E-state index < -0.39 is 11.7 Å². The van der Waals surface area contributed by atoms with E-state index in [9.17, 15) is 4.79 Å². The van der Waals surface area contributed by atoms with Crippen molar-refractivity contribution in [2.24, 2.45) is 5.10 Å². The molecule has 1 N–H and O–H groups in total. The van der Waals surface area contributed by atoms with E-state index in [1.54, 1.807) is 27.0 Å². The van der Waals surface area contributed by atoms with Gasteiger partial charge < -0.3 is 4.74 Å². The normalized spacial score (nSPS) is 11.8. The van der Waals surface area contributed by atoms with Crippen LogP contribution in [0, 0.1) is 0 Å². The van der Waals surface area contributed by atoms with Crippen LogP contribution in [0.2, 0.25) is 0 Å². The lowest BCUT2D eigenvalue weighted by Crippen LogP contribution is -2.29. The van der Waals surface area contributed by atoms with Crippen LogP contribution in [0.3, 0.4) is 0 Å². The number of rotatable bonds is 2. The van der Waals surface area contributed by atoms with Gasteiger partial charge in [-0.15, -0.1) is 0 Å². The first-order valence-corrected chi connectivity index (χ1v) is 6.45. The number of carbonyl (C=O) groups is 1. The Balaban J connectivity index is 2.09. The number of ether oxygens (including phenoxy) is 1. The molecule has 0 saturated carbocycles. The third kappa shape index (κ3) is 3.82. The van der Waals surface area contributed by atoms with E-state index in [0.29, 0.717) is 0 Å². The van der Waals surface area contributed by atoms with Crippen molar-refractivity contribution in [2.45, 2.75) is 26.4 Å². The van der Waals surface area contributed by atoms with Gasteiger partial charge in [-0.25, -0.2) is 10.2 Å². The van der Waals surface area contributed by atoms with Gasteiger partial charge in [-0.05, 0) is 31.5 Å². The second-order valence-electron chi connectivity index (χ2n) is 5.44. The van der Waals surface area contributed by atoms with E-state index in [2.05, 4.69) is 10.5 Å². The molecule has 0 spiro atoms. The monoisotopic (exact) mass is 270 g/mol. The van der Waals surface area contributed by atoms with Crippen molar-refractivity contribution in [3.63, 3.8) is 0 Å². The van der Waals surface area contributed by atoms with Gasteiger partial charge >= 0.3 is 6.09 Å². The fourth-order valence-corrected chi connectivity index (χ4v) is 1.82. The van der Waals surface area contributed by atoms with E-state index in [0.717, 1.165) is 16.3 Å². The molecule has 0 aliphatic carbocycles. The standard InChI is InChI=1S/C16H18N2O2/c1-16(2,3)20-15(19)18-17-11-13-9-6-8-12-7-4-5-10-14(12)13/h4-11H,1-3H3,(H,18,19)/b17-11+. The van der Waals surface area contributed by atoms with Gasteiger partial charge in [0, 0.05) is 5.56 Å². The summed E-state index contributed by atoms with van der Waals surface area (Å²) in [4.78, 5) is 11.5. The van der Waals surface area contributed by atoms with Gasteiger partial charge in [0.2, 0.25) is 0 Å². The van der Waals surface area contributed by atoms with Crippen molar-refractivity contribution < 1.29 is 9.53 Å². The number of hydrogen-bond donors (Lipinski definition) is 1. The summed E-state index contributed by atoms with van der Waals surface area (Å²) < 4.78 is 5.10. The van der Waals surface area contributed by atoms with E-state index >= 15 is 0 Å². The van der Waals surface area contributed by atoms with E-state index in [4.69, 9.17) is 4.74 Å². The van der Waals surface area contributed by atoms with Crippen molar-refractivity contribution in [1.29, 1.82) is 0 Å². The molecule has 1 amide bonds. The van der Waals surface area contributed by atoms with Crippen LogP contribution < -0.4 is 5.43 Å². The zero-order valence-corrected chi connectivity index (χ0v) is 11.9. The van der Waals surface area contributed by atoms with Gasteiger partial charge in [-0.2, -0.15) is 5.10 Å². The summed E-state index contributed by atoms with van der Waals surface area (Å²) in [5.41, 5.74) is 2.78. The Bertz CT molecular complexity index is 637. The molecule has 4 nitrogen and oxygen atoms in total. The van der Waals surface area contributed by atoms with Crippen LogP contribution in [-0.4, -0.2) is 17.9 Å². The molecule has 0 aliphatic rings. The Kier molecular flexibility index (Phi) is 4.03. The third-order valence-corrected chi connectivity index (χ3v) is 2.58. The van der Waals surface area contributed by atoms with Crippen LogP contribution in [-0.2, 0) is 4.74 Å². The zero-order chi connectivity index (χ0) is 14.6. The van der Waals surface area contributed by atoms with Crippen LogP contribution in [0.1, 0.15) is 26.3 Å². The SMILES string of the molecule is CC(C)(C)OC(=O)N/N=C/c1cccc2ccccc12. The minimum atomic E-state index is -0.561. The smallest absolute Gasteiger partial charge is 0.428 e. The topological polar surface area (TPSA) is 50.7 Å². The molecule has 0 saturated heterocycles. The molecule has 0 atom stereocenters. The Morgan fingerprint density at radius 1 is 1.15 bits per heavy atom. The number of carbonyl (C=O) groups excluding carboxylic acids is 1. The molecule has 0 aliphatic heterocycles. The number of hydrazone groups is 1. The van der Waals surface area contributed by atoms with Gasteiger partial charge in [-0.3, -0.25) is 0 Å². The number of amides is 1. The molecule has 2 aromatic rings. The second kappa shape index (κ2) is 5.74. The summed E-state index contributed by atoms with van der Waals surface area (Å²) in [5, 5.41) is 6.15. The molecule has 0 bridgehead atoms. The zero-order valence-electron chi connectivity index (χ0n) is 11.9. The van der Waals surface area contributed by atoms with Crippen molar-refractivity contribution in [3.05, 3.63) is 48.0 Å². The summed E-state index contributed by atoms with van der Waals surface area (Å²) in [6.45, 7) is 5.42. The molecule has 0 heterocycles. The van der Waals surface area contributed by atoms with Crippen molar-refractivity contribution in [3.8, 4) is 0 Å². The summed E-state index contributed by atoms with van der Waals surface area (Å²) in [6.07, 6.45) is 1.06. The van der Waals surface area contributed by atoms with Crippen LogP contribution in [0.5, 0.6) is 0 Å². The Hall–Kier alpha value is -2.36. The third-order valence-electron chi connectivity index (χ3n) is 2.58. The predicted molar refractivity (Wildman–Crippen MR) is 80.9 cm³/mol. The maximum absolute atomic E-state index is 11.5. The van der Waals surface area contributed by atoms with E-state index in [1.165, 1.54) is 0 Å². The lowest BCUT2D eigenvalue weighted by molar-refractivity contribution is 0.0529. The van der Waals surface area contributed by atoms with Crippen molar-refractivity contribution in [2.75, 3.05) is 0 Å². The number of benzene rings is 2. The minimum absolute atomic E-state index is 0.529. The van der Waals surface area contributed by atoms with Gasteiger partial charge in [0.1, 0.15) is 5.60 Å². The lowest BCUT2D eigenvalue weighted by atomic mass is 10.1. The van der Waals surface area contributed by atoms with Crippen LogP contribution in [0.15, 0.2) is 47.6 Å². The number of nitrogens with one attached hydrogen (secondary N) is 1. The fraction of sp³-hybridized carbons (Fsp3) is 0.250. The molecule has 0 unspecified atom stereocenters. The highest BCUT2D eigenvalue weighted by molar-refractivity contribution is 5.99. The molecule has 20 heavy (non-hydrogen) atoms. The lowest BCUT2D eigenvalue weighted by Gasteiger charge is -2.18. The van der Waals surface area contributed by atoms with Crippen molar-refractivity contribution in [1.82, 2.24) is 5.43 Å². The number of hydrogen-bond acceptors (Lipinski definition) is 3. The molecule has 0 radical (unpaired) electrons. The van der Waals surface area contributed by atoms with Crippen LogP contribution in [0.4, 0.5) is 4.79 Å². The van der Waals surface area contributed by atoms with Gasteiger partial charge in [-0.1, -0.05) is 42.5 Å². The molecular formula is C16H18N2O2. The largest absolute Gasteiger partial charge is 0.443 e. The van der Waals surface area contributed by atoms with Crippen molar-refractivity contribution >= 4 is 23.1 Å². The Labute approximate surface area is 118 Å². The highest BCUT2D eigenvalue weighted by Crippen LogP contribution is 2.16. The Morgan fingerprint density at radius 2 is 1.85 bits per heavy atom. The average Bonchev–Trinajstić information content (AvgIpc) is 2.37. The summed E-state index contributed by atoms with van der Waals surface area (Å²) >= 11 is 0. The molecule has 0 fully saturated rings. The van der Waals surface area contributed by atoms with Gasteiger partial charge in [0.05, 0.1) is 6.21 Å². The summed E-state index contributed by atoms with van der Waals surface area (Å²) in [5.74, 6) is 0. The molecule has 104 valence electrons. The molecule has 0 aromatic heterocycles. The van der Waals surface area contributed by atoms with E-state index in [-0.39, 0.29) is 0 Å². The van der Waals surface area contributed by atoms with Crippen LogP contribution >= 0.6 is 0 Å². The molecule has 2 aromatic carbocycles. The number of nitrogens with zero attached hydrogens (tertiary/aromatic N) is 1. The summed E-state index contributed by atoms with van der Waals surface area (Å²) in [6, 6.07) is 14.0. The fourth-order valence-electron chi connectivity index (χ4n) is 1.82. The maximum Gasteiger partial charge on any atom is 0.428 e. The highest BCUT2D eigenvalue weighted by atomic mass is 16.6. The first-order valence-electron chi connectivity index (χ1n) is 6.45.